The maximum Gasteiger partial charge on any atom is 0.425 e. The van der Waals surface area contributed by atoms with Crippen molar-refractivity contribution in [3.63, 3.8) is 0 Å². The van der Waals surface area contributed by atoms with E-state index in [4.69, 9.17) is 29.0 Å². The summed E-state index contributed by atoms with van der Waals surface area (Å²) in [5.74, 6) is -0.598. The fraction of sp³-hybridized carbons (Fsp3) is 0.389. The van der Waals surface area contributed by atoms with Gasteiger partial charge in [-0.1, -0.05) is 30.7 Å². The summed E-state index contributed by atoms with van der Waals surface area (Å²) in [4.78, 5) is 15.0. The number of aromatic amines is 1. The molecule has 12 heteroatoms. The molecule has 0 saturated heterocycles. The lowest BCUT2D eigenvalue weighted by Crippen LogP contribution is -2.13. The number of H-pyrrole nitrogens is 1. The number of aromatic nitrogens is 1. The van der Waals surface area contributed by atoms with E-state index in [0.29, 0.717) is 46.6 Å². The molecule has 166 valence electrons. The van der Waals surface area contributed by atoms with Crippen molar-refractivity contribution >= 4 is 28.2 Å². The number of nitrogens with one attached hydrogen (secondary N) is 2. The summed E-state index contributed by atoms with van der Waals surface area (Å²) < 4.78 is 30.1. The van der Waals surface area contributed by atoms with E-state index in [1.54, 1.807) is 12.1 Å². The Hall–Kier alpha value is -2.28. The molecule has 0 spiro atoms. The van der Waals surface area contributed by atoms with Crippen LogP contribution in [0.4, 0.5) is 0 Å². The summed E-state index contributed by atoms with van der Waals surface area (Å²) in [6.45, 7) is 2.13. The minimum absolute atomic E-state index is 0.123. The molecule has 0 saturated carbocycles. The number of halogens is 1. The van der Waals surface area contributed by atoms with Crippen molar-refractivity contribution in [2.45, 2.75) is 33.3 Å². The van der Waals surface area contributed by atoms with E-state index < -0.39 is 16.6 Å². The third kappa shape index (κ3) is 6.11. The smallest absolute Gasteiger partial charge is 0.425 e. The van der Waals surface area contributed by atoms with Crippen LogP contribution in [0.1, 0.15) is 39.8 Å². The number of hydrogen-bond acceptors (Lipinski definition) is 9. The van der Waals surface area contributed by atoms with Gasteiger partial charge in [0.25, 0.3) is 0 Å². The fourth-order valence-corrected chi connectivity index (χ4v) is 3.27. The number of benzene rings is 1. The maximum atomic E-state index is 12.0. The average Bonchev–Trinajstić information content (AvgIpc) is 3.05. The SMILES string of the molecule is CCNCc1[nH]c(C(=O)OC)c(Cl)c1-c1ccc(CO)c(CO)c1CO.O=S(=O)=O. The summed E-state index contributed by atoms with van der Waals surface area (Å²) in [5.41, 5.74) is 3.33. The fourth-order valence-electron chi connectivity index (χ4n) is 2.93. The highest BCUT2D eigenvalue weighted by Gasteiger charge is 2.25. The van der Waals surface area contributed by atoms with Crippen LogP contribution < -0.4 is 5.32 Å². The molecule has 1 aromatic carbocycles. The zero-order chi connectivity index (χ0) is 22.8. The van der Waals surface area contributed by atoms with Crippen LogP contribution in [0.25, 0.3) is 11.1 Å². The first-order valence-electron chi connectivity index (χ1n) is 8.69. The van der Waals surface area contributed by atoms with Crippen LogP contribution in [0, 0.1) is 0 Å². The molecule has 0 atom stereocenters. The third-order valence-corrected chi connectivity index (χ3v) is 4.62. The molecule has 0 fully saturated rings. The summed E-state index contributed by atoms with van der Waals surface area (Å²) in [5, 5.41) is 32.4. The molecule has 5 N–H and O–H groups in total. The molecule has 0 radical (unpaired) electrons. The number of hydrogen-bond donors (Lipinski definition) is 5. The largest absolute Gasteiger partial charge is 0.464 e. The zero-order valence-corrected chi connectivity index (χ0v) is 17.9. The molecule has 0 aliphatic rings. The standard InChI is InChI=1S/C18H23ClN2O5.O3S/c1-3-20-6-14-15(16(19)17(21-14)18(25)26-2)11-5-4-10(7-22)12(8-23)13(11)9-24;1-4(2)3/h4-5,20-24H,3,6-9H2,1-2H3;. The van der Waals surface area contributed by atoms with Gasteiger partial charge in [0, 0.05) is 17.8 Å². The Balaban J connectivity index is 0.00000103. The van der Waals surface area contributed by atoms with Crippen molar-refractivity contribution in [2.24, 2.45) is 0 Å². The highest BCUT2D eigenvalue weighted by atomic mass is 35.5. The van der Waals surface area contributed by atoms with Crippen LogP contribution in [-0.4, -0.2) is 52.6 Å². The quantitative estimate of drug-likeness (QED) is 0.355. The Labute approximate surface area is 179 Å². The number of carbonyl (C=O) groups is 1. The summed E-state index contributed by atoms with van der Waals surface area (Å²) in [6.07, 6.45) is 0. The predicted octanol–water partition coefficient (Wildman–Crippen LogP) is 0.704. The van der Waals surface area contributed by atoms with Crippen LogP contribution in [0.3, 0.4) is 0 Å². The maximum absolute atomic E-state index is 12.0. The lowest BCUT2D eigenvalue weighted by atomic mass is 9.92. The number of ether oxygens (including phenoxy) is 1. The normalized spacial score (nSPS) is 10.3. The second kappa shape index (κ2) is 12.4. The molecule has 10 nitrogen and oxygen atoms in total. The number of aliphatic hydroxyl groups is 3. The highest BCUT2D eigenvalue weighted by Crippen LogP contribution is 2.38. The van der Waals surface area contributed by atoms with Crippen LogP contribution in [0.2, 0.25) is 5.02 Å². The van der Waals surface area contributed by atoms with E-state index in [1.165, 1.54) is 7.11 Å². The van der Waals surface area contributed by atoms with Gasteiger partial charge >= 0.3 is 16.6 Å². The molecule has 0 unspecified atom stereocenters. The van der Waals surface area contributed by atoms with E-state index in [9.17, 15) is 20.1 Å². The van der Waals surface area contributed by atoms with Gasteiger partial charge in [-0.3, -0.25) is 0 Å². The van der Waals surface area contributed by atoms with E-state index in [0.717, 1.165) is 0 Å². The minimum Gasteiger partial charge on any atom is -0.464 e. The number of aliphatic hydroxyl groups excluding tert-OH is 3. The van der Waals surface area contributed by atoms with Crippen molar-refractivity contribution in [3.05, 3.63) is 45.2 Å². The Morgan fingerprint density at radius 3 is 2.20 bits per heavy atom. The molecule has 0 aliphatic heterocycles. The van der Waals surface area contributed by atoms with E-state index in [1.807, 2.05) is 6.92 Å². The monoisotopic (exact) mass is 462 g/mol. The molecule has 0 bridgehead atoms. The van der Waals surface area contributed by atoms with Crippen molar-refractivity contribution in [2.75, 3.05) is 13.7 Å². The molecule has 0 aliphatic carbocycles. The van der Waals surface area contributed by atoms with Gasteiger partial charge < -0.3 is 30.4 Å². The number of esters is 1. The Morgan fingerprint density at radius 2 is 1.73 bits per heavy atom. The van der Waals surface area contributed by atoms with Gasteiger partial charge in [0.1, 0.15) is 5.69 Å². The topological polar surface area (TPSA) is 166 Å². The predicted molar refractivity (Wildman–Crippen MR) is 107 cm³/mol. The summed E-state index contributed by atoms with van der Waals surface area (Å²) in [6, 6.07) is 3.38. The van der Waals surface area contributed by atoms with Crippen molar-refractivity contribution in [1.29, 1.82) is 0 Å². The first kappa shape index (κ1) is 25.8. The molecule has 30 heavy (non-hydrogen) atoms. The van der Waals surface area contributed by atoms with Crippen molar-refractivity contribution in [3.8, 4) is 11.1 Å². The summed E-state index contributed by atoms with van der Waals surface area (Å²) in [7, 11) is -1.85. The third-order valence-electron chi connectivity index (χ3n) is 4.24. The first-order valence-corrected chi connectivity index (χ1v) is 10.1. The Morgan fingerprint density at radius 1 is 1.13 bits per heavy atom. The number of rotatable bonds is 8. The van der Waals surface area contributed by atoms with Crippen LogP contribution in [0.5, 0.6) is 0 Å². The molecule has 0 amide bonds. The lowest BCUT2D eigenvalue weighted by molar-refractivity contribution is 0.0594. The highest BCUT2D eigenvalue weighted by molar-refractivity contribution is 7.59. The molecule has 1 aromatic heterocycles. The Bertz CT molecular complexity index is 982. The Kier molecular flexibility index (Phi) is 10.7. The molecule has 2 rings (SSSR count). The van der Waals surface area contributed by atoms with Gasteiger partial charge in [0.2, 0.25) is 0 Å². The number of methoxy groups -OCH3 is 1. The average molecular weight is 463 g/mol. The van der Waals surface area contributed by atoms with E-state index in [2.05, 4.69) is 10.3 Å². The number of carbonyl (C=O) groups excluding carboxylic acids is 1. The van der Waals surface area contributed by atoms with Gasteiger partial charge in [-0.2, -0.15) is 0 Å². The first-order chi connectivity index (χ1) is 14.3. The van der Waals surface area contributed by atoms with Crippen molar-refractivity contribution < 1.29 is 37.5 Å². The van der Waals surface area contributed by atoms with Gasteiger partial charge in [-0.05, 0) is 28.8 Å². The van der Waals surface area contributed by atoms with E-state index >= 15 is 0 Å². The molecular formula is C18H23ClN2O8S. The second-order valence-electron chi connectivity index (χ2n) is 5.85. The van der Waals surface area contributed by atoms with Crippen LogP contribution in [0.15, 0.2) is 12.1 Å². The second-order valence-corrected chi connectivity index (χ2v) is 6.63. The zero-order valence-electron chi connectivity index (χ0n) is 16.4. The molecule has 1 heterocycles. The van der Waals surface area contributed by atoms with Gasteiger partial charge in [-0.25, -0.2) is 4.79 Å². The van der Waals surface area contributed by atoms with Crippen molar-refractivity contribution in [1.82, 2.24) is 10.3 Å². The molecular weight excluding hydrogens is 440 g/mol. The van der Waals surface area contributed by atoms with Crippen LogP contribution >= 0.6 is 11.6 Å². The van der Waals surface area contributed by atoms with Gasteiger partial charge in [0.05, 0.1) is 32.0 Å². The van der Waals surface area contributed by atoms with E-state index in [-0.39, 0.29) is 30.5 Å². The van der Waals surface area contributed by atoms with Crippen LogP contribution in [-0.2, 0) is 41.7 Å². The molecule has 2 aromatic rings. The van der Waals surface area contributed by atoms with Gasteiger partial charge in [-0.15, -0.1) is 12.6 Å². The summed E-state index contributed by atoms with van der Waals surface area (Å²) >= 11 is 6.46. The lowest BCUT2D eigenvalue weighted by Gasteiger charge is -2.16. The van der Waals surface area contributed by atoms with Gasteiger partial charge in [0.15, 0.2) is 0 Å². The minimum atomic E-state index is -3.11.